The van der Waals surface area contributed by atoms with Crippen molar-refractivity contribution in [2.45, 2.75) is 12.6 Å². The summed E-state index contributed by atoms with van der Waals surface area (Å²) in [4.78, 5) is 8.33. The third-order valence-electron chi connectivity index (χ3n) is 3.31. The summed E-state index contributed by atoms with van der Waals surface area (Å²) in [5.41, 5.74) is 2.94. The average molecular weight is 268 g/mol. The maximum absolute atomic E-state index is 9.53. The number of nitrogens with one attached hydrogen (secondary N) is 1. The van der Waals surface area contributed by atoms with Gasteiger partial charge in [0.1, 0.15) is 0 Å². The van der Waals surface area contributed by atoms with Crippen LogP contribution in [0.4, 0.5) is 0 Å². The number of aliphatic hydroxyl groups excluding tert-OH is 1. The van der Waals surface area contributed by atoms with E-state index in [0.29, 0.717) is 6.54 Å². The molecule has 2 heterocycles. The van der Waals surface area contributed by atoms with Crippen molar-refractivity contribution in [2.24, 2.45) is 0 Å². The second kappa shape index (κ2) is 5.81. The lowest BCUT2D eigenvalue weighted by atomic mass is 10.1. The van der Waals surface area contributed by atoms with Crippen LogP contribution in [0.1, 0.15) is 17.3 Å². The number of aromatic nitrogens is 3. The largest absolute Gasteiger partial charge is 0.394 e. The van der Waals surface area contributed by atoms with Gasteiger partial charge in [0.05, 0.1) is 30.7 Å². The fourth-order valence-electron chi connectivity index (χ4n) is 2.23. The molecule has 102 valence electrons. The third kappa shape index (κ3) is 2.54. The highest BCUT2D eigenvalue weighted by Crippen LogP contribution is 2.13. The number of nitrogens with zero attached hydrogens (tertiary/aromatic N) is 3. The Kier molecular flexibility index (Phi) is 3.71. The molecule has 2 N–H and O–H groups in total. The number of rotatable bonds is 5. The second-order valence-corrected chi connectivity index (χ2v) is 4.58. The van der Waals surface area contributed by atoms with Gasteiger partial charge in [-0.1, -0.05) is 30.3 Å². The van der Waals surface area contributed by atoms with Gasteiger partial charge in [-0.15, -0.1) is 0 Å². The number of imidazole rings is 1. The van der Waals surface area contributed by atoms with Crippen molar-refractivity contribution in [3.05, 3.63) is 66.4 Å². The lowest BCUT2D eigenvalue weighted by molar-refractivity contribution is 0.243. The van der Waals surface area contributed by atoms with Gasteiger partial charge in [-0.3, -0.25) is 9.38 Å². The lowest BCUT2D eigenvalue weighted by Crippen LogP contribution is -2.24. The standard InChI is InChI=1S/C15H16N4O/c20-11-14(12-4-2-1-3-5-12)17-8-13-9-18-15-10-16-6-7-19(13)15/h1-7,9-10,14,17,20H,8,11H2. The van der Waals surface area contributed by atoms with Crippen molar-refractivity contribution >= 4 is 5.65 Å². The van der Waals surface area contributed by atoms with Crippen molar-refractivity contribution in [3.8, 4) is 0 Å². The molecule has 0 radical (unpaired) electrons. The van der Waals surface area contributed by atoms with Crippen LogP contribution in [0, 0.1) is 0 Å². The normalized spacial score (nSPS) is 12.7. The van der Waals surface area contributed by atoms with Gasteiger partial charge in [0.15, 0.2) is 5.65 Å². The highest BCUT2D eigenvalue weighted by Gasteiger charge is 2.10. The lowest BCUT2D eigenvalue weighted by Gasteiger charge is -2.16. The Morgan fingerprint density at radius 1 is 1.20 bits per heavy atom. The van der Waals surface area contributed by atoms with Crippen LogP contribution in [-0.4, -0.2) is 26.1 Å². The number of aliphatic hydroxyl groups is 1. The van der Waals surface area contributed by atoms with E-state index in [1.165, 1.54) is 0 Å². The van der Waals surface area contributed by atoms with Gasteiger partial charge in [0.2, 0.25) is 0 Å². The summed E-state index contributed by atoms with van der Waals surface area (Å²) in [6.07, 6.45) is 7.17. The molecular formula is C15H16N4O. The molecule has 3 aromatic rings. The van der Waals surface area contributed by atoms with Gasteiger partial charge in [-0.25, -0.2) is 4.98 Å². The Morgan fingerprint density at radius 2 is 2.05 bits per heavy atom. The van der Waals surface area contributed by atoms with E-state index < -0.39 is 0 Å². The van der Waals surface area contributed by atoms with Crippen LogP contribution < -0.4 is 5.32 Å². The first kappa shape index (κ1) is 12.8. The minimum absolute atomic E-state index is 0.0578. The Bertz CT molecular complexity index is 680. The van der Waals surface area contributed by atoms with E-state index in [-0.39, 0.29) is 12.6 Å². The summed E-state index contributed by atoms with van der Waals surface area (Å²) in [7, 11) is 0. The fourth-order valence-corrected chi connectivity index (χ4v) is 2.23. The second-order valence-electron chi connectivity index (χ2n) is 4.58. The van der Waals surface area contributed by atoms with Crippen LogP contribution in [0.3, 0.4) is 0 Å². The Labute approximate surface area is 116 Å². The van der Waals surface area contributed by atoms with Gasteiger partial charge >= 0.3 is 0 Å². The topological polar surface area (TPSA) is 62.5 Å². The zero-order valence-corrected chi connectivity index (χ0v) is 11.0. The van der Waals surface area contributed by atoms with Crippen LogP contribution >= 0.6 is 0 Å². The summed E-state index contributed by atoms with van der Waals surface area (Å²) in [5.74, 6) is 0. The molecule has 5 heteroatoms. The van der Waals surface area contributed by atoms with Gasteiger partial charge in [-0.05, 0) is 5.56 Å². The van der Waals surface area contributed by atoms with Crippen LogP contribution in [0.2, 0.25) is 0 Å². The molecule has 20 heavy (non-hydrogen) atoms. The molecule has 0 fully saturated rings. The number of fused-ring (bicyclic) bond motifs is 1. The van der Waals surface area contributed by atoms with E-state index in [0.717, 1.165) is 16.9 Å². The van der Waals surface area contributed by atoms with Crippen LogP contribution in [0.5, 0.6) is 0 Å². The van der Waals surface area contributed by atoms with Crippen LogP contribution in [0.15, 0.2) is 55.1 Å². The third-order valence-corrected chi connectivity index (χ3v) is 3.31. The average Bonchev–Trinajstić information content (AvgIpc) is 2.92. The van der Waals surface area contributed by atoms with E-state index in [2.05, 4.69) is 15.3 Å². The molecule has 0 spiro atoms. The molecule has 0 aliphatic heterocycles. The summed E-state index contributed by atoms with van der Waals surface area (Å²) in [6, 6.07) is 9.84. The maximum Gasteiger partial charge on any atom is 0.155 e. The molecular weight excluding hydrogens is 252 g/mol. The van der Waals surface area contributed by atoms with E-state index >= 15 is 0 Å². The molecule has 2 aromatic heterocycles. The summed E-state index contributed by atoms with van der Waals surface area (Å²) in [6.45, 7) is 0.688. The molecule has 1 aromatic carbocycles. The van der Waals surface area contributed by atoms with E-state index in [1.807, 2.05) is 47.1 Å². The SMILES string of the molecule is OCC(NCc1cnc2cnccn12)c1ccccc1. The van der Waals surface area contributed by atoms with Crippen molar-refractivity contribution in [3.63, 3.8) is 0 Å². The van der Waals surface area contributed by atoms with Crippen LogP contribution in [0.25, 0.3) is 5.65 Å². The van der Waals surface area contributed by atoms with Crippen molar-refractivity contribution in [2.75, 3.05) is 6.61 Å². The first-order chi connectivity index (χ1) is 9.88. The van der Waals surface area contributed by atoms with Gasteiger partial charge in [-0.2, -0.15) is 0 Å². The molecule has 1 unspecified atom stereocenters. The number of hydrogen-bond acceptors (Lipinski definition) is 4. The van der Waals surface area contributed by atoms with Crippen LogP contribution in [-0.2, 0) is 6.54 Å². The smallest absolute Gasteiger partial charge is 0.155 e. The molecule has 0 bridgehead atoms. The molecule has 3 rings (SSSR count). The maximum atomic E-state index is 9.53. The molecule has 0 saturated carbocycles. The first-order valence-electron chi connectivity index (χ1n) is 6.53. The summed E-state index contributed by atoms with van der Waals surface area (Å²) >= 11 is 0. The molecule has 0 aliphatic rings. The quantitative estimate of drug-likeness (QED) is 0.737. The van der Waals surface area contributed by atoms with Gasteiger partial charge < -0.3 is 10.4 Å². The number of hydrogen-bond donors (Lipinski definition) is 2. The van der Waals surface area contributed by atoms with Crippen molar-refractivity contribution in [1.29, 1.82) is 0 Å². The predicted molar refractivity (Wildman–Crippen MR) is 76.1 cm³/mol. The Morgan fingerprint density at radius 3 is 2.85 bits per heavy atom. The molecule has 0 aliphatic carbocycles. The minimum atomic E-state index is -0.0800. The Hall–Kier alpha value is -2.24. The summed E-state index contributed by atoms with van der Waals surface area (Å²) < 4.78 is 1.99. The minimum Gasteiger partial charge on any atom is -0.394 e. The Balaban J connectivity index is 1.75. The molecule has 0 saturated heterocycles. The van der Waals surface area contributed by atoms with Crippen molar-refractivity contribution in [1.82, 2.24) is 19.7 Å². The monoisotopic (exact) mass is 268 g/mol. The number of benzene rings is 1. The molecule has 1 atom stereocenters. The van der Waals surface area contributed by atoms with Gasteiger partial charge in [0.25, 0.3) is 0 Å². The first-order valence-corrected chi connectivity index (χ1v) is 6.53. The highest BCUT2D eigenvalue weighted by molar-refractivity contribution is 5.36. The van der Waals surface area contributed by atoms with Crippen molar-refractivity contribution < 1.29 is 5.11 Å². The van der Waals surface area contributed by atoms with E-state index in [9.17, 15) is 5.11 Å². The van der Waals surface area contributed by atoms with E-state index in [4.69, 9.17) is 0 Å². The highest BCUT2D eigenvalue weighted by atomic mass is 16.3. The zero-order chi connectivity index (χ0) is 13.8. The molecule has 0 amide bonds. The van der Waals surface area contributed by atoms with E-state index in [1.54, 1.807) is 12.4 Å². The molecule has 5 nitrogen and oxygen atoms in total. The van der Waals surface area contributed by atoms with Gasteiger partial charge in [0, 0.05) is 18.9 Å². The summed E-state index contributed by atoms with van der Waals surface area (Å²) in [5, 5.41) is 12.9. The fraction of sp³-hybridized carbons (Fsp3) is 0.200. The zero-order valence-electron chi connectivity index (χ0n) is 11.0. The predicted octanol–water partition coefficient (Wildman–Crippen LogP) is 1.55.